The van der Waals surface area contributed by atoms with E-state index in [1.807, 2.05) is 37.3 Å². The Labute approximate surface area is 221 Å². The molecule has 1 fully saturated rings. The molecule has 0 radical (unpaired) electrons. The first-order chi connectivity index (χ1) is 18.0. The van der Waals surface area contributed by atoms with Crippen LogP contribution in [0.15, 0.2) is 36.5 Å². The van der Waals surface area contributed by atoms with Crippen LogP contribution in [0, 0.1) is 12.3 Å². The Morgan fingerprint density at radius 1 is 1.16 bits per heavy atom. The number of pyridine rings is 2. The first-order valence-corrected chi connectivity index (χ1v) is 13.1. The van der Waals surface area contributed by atoms with Crippen LogP contribution >= 0.6 is 11.6 Å². The zero-order valence-electron chi connectivity index (χ0n) is 20.9. The molecule has 8 heteroatoms. The molecular weight excluding hydrogens is 488 g/mol. The predicted octanol–water partition coefficient (Wildman–Crippen LogP) is 4.84. The van der Waals surface area contributed by atoms with E-state index in [1.165, 1.54) is 0 Å². The molecule has 1 unspecified atom stereocenters. The van der Waals surface area contributed by atoms with Gasteiger partial charge in [-0.15, -0.1) is 6.42 Å². The Bertz CT molecular complexity index is 1370. The third-order valence-electron chi connectivity index (χ3n) is 7.16. The second-order valence-electron chi connectivity index (χ2n) is 9.53. The highest BCUT2D eigenvalue weighted by Gasteiger charge is 2.28. The minimum absolute atomic E-state index is 0.0743. The summed E-state index contributed by atoms with van der Waals surface area (Å²) in [6.45, 7) is 4.20. The summed E-state index contributed by atoms with van der Waals surface area (Å²) in [5, 5.41) is 1.57. The molecule has 1 aromatic carbocycles. The normalized spacial score (nSPS) is 17.3. The van der Waals surface area contributed by atoms with Gasteiger partial charge in [-0.25, -0.2) is 4.79 Å². The maximum absolute atomic E-state index is 13.3. The van der Waals surface area contributed by atoms with Gasteiger partial charge in [0.15, 0.2) is 0 Å². The van der Waals surface area contributed by atoms with Crippen LogP contribution in [-0.2, 0) is 17.6 Å². The first kappa shape index (κ1) is 25.0. The number of piperazine rings is 1. The van der Waals surface area contributed by atoms with Gasteiger partial charge in [0.1, 0.15) is 0 Å². The van der Waals surface area contributed by atoms with Crippen molar-refractivity contribution in [2.45, 2.75) is 38.5 Å². The number of ether oxygens (including phenoxy) is 1. The SMILES string of the molecule is C#Cc1ccc(C2CCc3c(nc4cc(C(=O)N5CCN(C(=O)OCCC)CC5)ccc4c3Cl)C2)nc1. The van der Waals surface area contributed by atoms with Crippen molar-refractivity contribution >= 4 is 34.5 Å². The molecule has 0 spiro atoms. The van der Waals surface area contributed by atoms with Crippen molar-refractivity contribution in [3.05, 3.63) is 69.6 Å². The fourth-order valence-electron chi connectivity index (χ4n) is 5.06. The molecule has 2 aromatic heterocycles. The van der Waals surface area contributed by atoms with Crippen molar-refractivity contribution in [3.63, 3.8) is 0 Å². The van der Waals surface area contributed by atoms with Gasteiger partial charge in [0.05, 0.1) is 17.1 Å². The third kappa shape index (κ3) is 5.12. The van der Waals surface area contributed by atoms with E-state index in [1.54, 1.807) is 16.0 Å². The number of halogens is 1. The van der Waals surface area contributed by atoms with Gasteiger partial charge < -0.3 is 14.5 Å². The molecule has 5 rings (SSSR count). The maximum atomic E-state index is 13.3. The molecule has 2 aliphatic rings. The highest BCUT2D eigenvalue weighted by molar-refractivity contribution is 6.36. The van der Waals surface area contributed by atoms with Gasteiger partial charge in [0.25, 0.3) is 5.91 Å². The summed E-state index contributed by atoms with van der Waals surface area (Å²) >= 11 is 6.83. The minimum atomic E-state index is -0.316. The zero-order valence-corrected chi connectivity index (χ0v) is 21.6. The van der Waals surface area contributed by atoms with E-state index in [4.69, 9.17) is 27.7 Å². The van der Waals surface area contributed by atoms with E-state index >= 15 is 0 Å². The lowest BCUT2D eigenvalue weighted by atomic mass is 9.84. The van der Waals surface area contributed by atoms with Crippen molar-refractivity contribution in [2.75, 3.05) is 32.8 Å². The molecule has 7 nitrogen and oxygen atoms in total. The molecule has 0 bridgehead atoms. The summed E-state index contributed by atoms with van der Waals surface area (Å²) < 4.78 is 5.21. The topological polar surface area (TPSA) is 75.6 Å². The van der Waals surface area contributed by atoms with Gasteiger partial charge in [-0.3, -0.25) is 14.8 Å². The number of rotatable bonds is 4. The summed E-state index contributed by atoms with van der Waals surface area (Å²) in [6, 6.07) is 9.45. The van der Waals surface area contributed by atoms with E-state index in [0.29, 0.717) is 48.9 Å². The summed E-state index contributed by atoms with van der Waals surface area (Å²) in [4.78, 5) is 38.3. The second-order valence-corrected chi connectivity index (χ2v) is 9.91. The molecular formula is C29H29ClN4O3. The van der Waals surface area contributed by atoms with Crippen molar-refractivity contribution < 1.29 is 14.3 Å². The number of fused-ring (bicyclic) bond motifs is 2. The lowest BCUT2D eigenvalue weighted by molar-refractivity contribution is 0.0560. The average molecular weight is 517 g/mol. The van der Waals surface area contributed by atoms with Gasteiger partial charge in [0, 0.05) is 66.2 Å². The van der Waals surface area contributed by atoms with Crippen molar-refractivity contribution in [2.24, 2.45) is 0 Å². The molecule has 190 valence electrons. The molecule has 1 aliphatic heterocycles. The fourth-order valence-corrected chi connectivity index (χ4v) is 5.43. The van der Waals surface area contributed by atoms with Crippen molar-refractivity contribution in [3.8, 4) is 12.3 Å². The summed E-state index contributed by atoms with van der Waals surface area (Å²) in [5.41, 5.74) is 5.09. The van der Waals surface area contributed by atoms with Crippen molar-refractivity contribution in [1.29, 1.82) is 0 Å². The van der Waals surface area contributed by atoms with Gasteiger partial charge in [-0.1, -0.05) is 30.5 Å². The standard InChI is InChI=1S/C29H29ClN4O3/c1-3-15-37-29(36)34-13-11-33(12-14-34)28(35)21-7-9-23-26(17-21)32-25-16-20(6-8-22(25)27(23)30)24-10-5-19(4-2)18-31-24/h2,5,7,9-10,17-18,20H,3,6,8,11-16H2,1H3. The Morgan fingerprint density at radius 3 is 2.65 bits per heavy atom. The largest absolute Gasteiger partial charge is 0.449 e. The lowest BCUT2D eigenvalue weighted by Gasteiger charge is -2.34. The quantitative estimate of drug-likeness (QED) is 0.464. The number of benzene rings is 1. The second kappa shape index (κ2) is 10.8. The van der Waals surface area contributed by atoms with E-state index in [0.717, 1.165) is 53.6 Å². The van der Waals surface area contributed by atoms with Gasteiger partial charge in [-0.2, -0.15) is 0 Å². The number of nitrogens with zero attached hydrogens (tertiary/aromatic N) is 4. The van der Waals surface area contributed by atoms with E-state index in [9.17, 15) is 9.59 Å². The zero-order chi connectivity index (χ0) is 25.9. The monoisotopic (exact) mass is 516 g/mol. The average Bonchev–Trinajstić information content (AvgIpc) is 2.95. The third-order valence-corrected chi connectivity index (χ3v) is 7.59. The van der Waals surface area contributed by atoms with Gasteiger partial charge in [-0.05, 0) is 55.5 Å². The predicted molar refractivity (Wildman–Crippen MR) is 143 cm³/mol. The molecule has 1 aliphatic carbocycles. The Morgan fingerprint density at radius 2 is 1.95 bits per heavy atom. The van der Waals surface area contributed by atoms with Crippen LogP contribution in [0.2, 0.25) is 5.02 Å². The summed E-state index contributed by atoms with van der Waals surface area (Å²) in [6.07, 6.45) is 10.2. The van der Waals surface area contributed by atoms with E-state index in [2.05, 4.69) is 10.9 Å². The van der Waals surface area contributed by atoms with Crippen LogP contribution < -0.4 is 0 Å². The number of carbonyl (C=O) groups excluding carboxylic acids is 2. The van der Waals surface area contributed by atoms with Crippen LogP contribution in [0.3, 0.4) is 0 Å². The van der Waals surface area contributed by atoms with Gasteiger partial charge in [0.2, 0.25) is 0 Å². The molecule has 37 heavy (non-hydrogen) atoms. The van der Waals surface area contributed by atoms with Gasteiger partial charge >= 0.3 is 6.09 Å². The summed E-state index contributed by atoms with van der Waals surface area (Å²) in [7, 11) is 0. The number of hydrogen-bond donors (Lipinski definition) is 0. The van der Waals surface area contributed by atoms with Crippen LogP contribution in [0.1, 0.15) is 58.6 Å². The highest BCUT2D eigenvalue weighted by atomic mass is 35.5. The number of terminal acetylenes is 1. The molecule has 3 heterocycles. The minimum Gasteiger partial charge on any atom is -0.449 e. The Balaban J connectivity index is 1.33. The highest BCUT2D eigenvalue weighted by Crippen LogP contribution is 2.37. The lowest BCUT2D eigenvalue weighted by Crippen LogP contribution is -2.50. The number of amides is 2. The van der Waals surface area contributed by atoms with Crippen LogP contribution in [0.25, 0.3) is 10.9 Å². The number of carbonyl (C=O) groups is 2. The summed E-state index contributed by atoms with van der Waals surface area (Å²) in [5.74, 6) is 2.77. The molecule has 0 N–H and O–H groups in total. The fraction of sp³-hybridized carbons (Fsp3) is 0.379. The van der Waals surface area contributed by atoms with E-state index in [-0.39, 0.29) is 17.9 Å². The molecule has 0 saturated carbocycles. The number of hydrogen-bond acceptors (Lipinski definition) is 5. The molecule has 2 amide bonds. The maximum Gasteiger partial charge on any atom is 0.409 e. The smallest absolute Gasteiger partial charge is 0.409 e. The van der Waals surface area contributed by atoms with E-state index < -0.39 is 0 Å². The first-order valence-electron chi connectivity index (χ1n) is 12.7. The van der Waals surface area contributed by atoms with Crippen LogP contribution in [0.5, 0.6) is 0 Å². The number of aromatic nitrogens is 2. The van der Waals surface area contributed by atoms with Crippen LogP contribution in [0.4, 0.5) is 4.79 Å². The molecule has 1 saturated heterocycles. The molecule has 1 atom stereocenters. The molecule has 3 aromatic rings. The van der Waals surface area contributed by atoms with Crippen LogP contribution in [-0.4, -0.2) is 64.6 Å². The Hall–Kier alpha value is -3.63. The van der Waals surface area contributed by atoms with Crippen molar-refractivity contribution in [1.82, 2.24) is 19.8 Å². The Kier molecular flexibility index (Phi) is 7.29.